The summed E-state index contributed by atoms with van der Waals surface area (Å²) < 4.78 is 26.5. The van der Waals surface area contributed by atoms with Gasteiger partial charge < -0.3 is 23.7 Å². The molecule has 0 atom stereocenters. The zero-order chi connectivity index (χ0) is 23.5. The van der Waals surface area contributed by atoms with Crippen molar-refractivity contribution < 1.29 is 33.3 Å². The number of esters is 2. The number of halogens is 1. The fraction of sp³-hybridized carbons (Fsp3) is 0.417. The Morgan fingerprint density at radius 2 is 1.38 bits per heavy atom. The number of ether oxygens (including phenoxy) is 5. The average Bonchev–Trinajstić information content (AvgIpc) is 2.84. The Balaban J connectivity index is 2.27. The van der Waals surface area contributed by atoms with Gasteiger partial charge in [-0.2, -0.15) is 0 Å². The maximum absolute atomic E-state index is 11.6. The summed E-state index contributed by atoms with van der Waals surface area (Å²) in [5, 5.41) is 0.619. The molecule has 0 unspecified atom stereocenters. The average molecular weight is 509 g/mol. The highest BCUT2D eigenvalue weighted by Crippen LogP contribution is 2.34. The lowest BCUT2D eigenvalue weighted by atomic mass is 10.0. The molecule has 8 heteroatoms. The molecule has 0 bridgehead atoms. The standard InChI is InChI=1S/C24H29BrO7/c1-28-20-8-5-16(6-9-23(26)30-3)19(11-20)15-32-22-12-17(7-10-24(27)31-4)18(14-25)13-21(22)29-2/h5,8,11-13H,6-7,9-10,14-15H2,1-4H3. The molecule has 174 valence electrons. The van der Waals surface area contributed by atoms with Crippen LogP contribution < -0.4 is 14.2 Å². The van der Waals surface area contributed by atoms with Crippen LogP contribution in [0.3, 0.4) is 0 Å². The molecule has 0 saturated carbocycles. The maximum atomic E-state index is 11.6. The largest absolute Gasteiger partial charge is 0.497 e. The molecule has 2 aromatic rings. The molecule has 0 aliphatic heterocycles. The van der Waals surface area contributed by atoms with Crippen molar-refractivity contribution in [3.8, 4) is 17.2 Å². The molecule has 2 aromatic carbocycles. The Labute approximate surface area is 197 Å². The van der Waals surface area contributed by atoms with Crippen LogP contribution in [0.5, 0.6) is 17.2 Å². The molecular weight excluding hydrogens is 480 g/mol. The van der Waals surface area contributed by atoms with E-state index < -0.39 is 0 Å². The van der Waals surface area contributed by atoms with Crippen LogP contribution in [0.25, 0.3) is 0 Å². The Hall–Kier alpha value is -2.74. The normalized spacial score (nSPS) is 10.4. The molecule has 7 nitrogen and oxygen atoms in total. The lowest BCUT2D eigenvalue weighted by molar-refractivity contribution is -0.141. The van der Waals surface area contributed by atoms with E-state index in [0.717, 1.165) is 22.3 Å². The van der Waals surface area contributed by atoms with Crippen LogP contribution >= 0.6 is 15.9 Å². The minimum absolute atomic E-state index is 0.258. The van der Waals surface area contributed by atoms with Crippen molar-refractivity contribution in [2.24, 2.45) is 0 Å². The second-order valence-electron chi connectivity index (χ2n) is 6.98. The monoisotopic (exact) mass is 508 g/mol. The summed E-state index contributed by atoms with van der Waals surface area (Å²) in [5.74, 6) is 1.33. The topological polar surface area (TPSA) is 80.3 Å². The molecule has 32 heavy (non-hydrogen) atoms. The summed E-state index contributed by atoms with van der Waals surface area (Å²) in [5.41, 5.74) is 3.85. The van der Waals surface area contributed by atoms with Crippen molar-refractivity contribution >= 4 is 27.9 Å². The van der Waals surface area contributed by atoms with Crippen molar-refractivity contribution in [3.05, 3.63) is 52.6 Å². The van der Waals surface area contributed by atoms with Crippen LogP contribution in [-0.4, -0.2) is 40.4 Å². The molecule has 0 aliphatic carbocycles. The van der Waals surface area contributed by atoms with Crippen molar-refractivity contribution in [2.75, 3.05) is 28.4 Å². The third-order valence-corrected chi connectivity index (χ3v) is 5.68. The van der Waals surface area contributed by atoms with Crippen LogP contribution in [0.4, 0.5) is 0 Å². The second-order valence-corrected chi connectivity index (χ2v) is 7.54. The zero-order valence-corrected chi connectivity index (χ0v) is 20.5. The third-order valence-electron chi connectivity index (χ3n) is 5.08. The fourth-order valence-electron chi connectivity index (χ4n) is 3.21. The molecule has 0 radical (unpaired) electrons. The molecule has 0 fully saturated rings. The Morgan fingerprint density at radius 3 is 1.94 bits per heavy atom. The quantitative estimate of drug-likeness (QED) is 0.310. The van der Waals surface area contributed by atoms with E-state index in [9.17, 15) is 9.59 Å². The Bertz CT molecular complexity index is 927. The van der Waals surface area contributed by atoms with Crippen molar-refractivity contribution in [3.63, 3.8) is 0 Å². The molecule has 0 N–H and O–H groups in total. The molecule has 0 aromatic heterocycles. The number of benzene rings is 2. The first kappa shape index (κ1) is 25.5. The molecule has 0 aliphatic rings. The van der Waals surface area contributed by atoms with E-state index in [1.807, 2.05) is 30.3 Å². The first-order valence-corrected chi connectivity index (χ1v) is 11.3. The number of aryl methyl sites for hydroxylation is 2. The molecular formula is C24H29BrO7. The van der Waals surface area contributed by atoms with Gasteiger partial charge in [-0.1, -0.05) is 22.0 Å². The summed E-state index contributed by atoms with van der Waals surface area (Å²) in [6, 6.07) is 9.47. The summed E-state index contributed by atoms with van der Waals surface area (Å²) in [6.45, 7) is 0.258. The van der Waals surface area contributed by atoms with Crippen molar-refractivity contribution in [1.82, 2.24) is 0 Å². The van der Waals surface area contributed by atoms with Gasteiger partial charge in [0.25, 0.3) is 0 Å². The third kappa shape index (κ3) is 7.15. The van der Waals surface area contributed by atoms with Crippen LogP contribution in [0.1, 0.15) is 35.1 Å². The molecule has 0 heterocycles. The fourth-order valence-corrected chi connectivity index (χ4v) is 3.74. The second kappa shape index (κ2) is 13.0. The van der Waals surface area contributed by atoms with E-state index >= 15 is 0 Å². The van der Waals surface area contributed by atoms with E-state index in [1.165, 1.54) is 14.2 Å². The van der Waals surface area contributed by atoms with Gasteiger partial charge in [0.1, 0.15) is 12.4 Å². The molecule has 0 amide bonds. The lowest BCUT2D eigenvalue weighted by Gasteiger charge is -2.17. The minimum atomic E-state index is -0.269. The number of methoxy groups -OCH3 is 4. The number of alkyl halides is 1. The summed E-state index contributed by atoms with van der Waals surface area (Å²) >= 11 is 3.49. The zero-order valence-electron chi connectivity index (χ0n) is 18.9. The number of hydrogen-bond acceptors (Lipinski definition) is 7. The van der Waals surface area contributed by atoms with Crippen LogP contribution in [-0.2, 0) is 43.8 Å². The number of carbonyl (C=O) groups is 2. The molecule has 0 spiro atoms. The van der Waals surface area contributed by atoms with E-state index in [4.69, 9.17) is 23.7 Å². The van der Waals surface area contributed by atoms with Crippen molar-refractivity contribution in [1.29, 1.82) is 0 Å². The number of rotatable bonds is 12. The van der Waals surface area contributed by atoms with Gasteiger partial charge in [-0.3, -0.25) is 9.59 Å². The Kier molecular flexibility index (Phi) is 10.3. The highest BCUT2D eigenvalue weighted by molar-refractivity contribution is 9.08. The number of hydrogen-bond donors (Lipinski definition) is 0. The maximum Gasteiger partial charge on any atom is 0.305 e. The smallest absolute Gasteiger partial charge is 0.305 e. The highest BCUT2D eigenvalue weighted by atomic mass is 79.9. The van der Waals surface area contributed by atoms with E-state index in [2.05, 4.69) is 15.9 Å². The van der Waals surface area contributed by atoms with E-state index in [0.29, 0.717) is 35.4 Å². The van der Waals surface area contributed by atoms with Crippen molar-refractivity contribution in [2.45, 2.75) is 37.6 Å². The van der Waals surface area contributed by atoms with Gasteiger partial charge in [0.15, 0.2) is 11.5 Å². The summed E-state index contributed by atoms with van der Waals surface area (Å²) in [6.07, 6.45) is 1.60. The van der Waals surface area contributed by atoms with Crippen LogP contribution in [0.2, 0.25) is 0 Å². The van der Waals surface area contributed by atoms with E-state index in [-0.39, 0.29) is 31.4 Å². The Morgan fingerprint density at radius 1 is 0.750 bits per heavy atom. The van der Waals surface area contributed by atoms with Crippen LogP contribution in [0, 0.1) is 0 Å². The van der Waals surface area contributed by atoms with Gasteiger partial charge in [0.2, 0.25) is 0 Å². The lowest BCUT2D eigenvalue weighted by Crippen LogP contribution is -2.07. The van der Waals surface area contributed by atoms with Gasteiger partial charge in [-0.25, -0.2) is 0 Å². The first-order valence-electron chi connectivity index (χ1n) is 10.1. The summed E-state index contributed by atoms with van der Waals surface area (Å²) in [4.78, 5) is 23.2. The highest BCUT2D eigenvalue weighted by Gasteiger charge is 2.15. The first-order chi connectivity index (χ1) is 15.4. The van der Waals surface area contributed by atoms with Gasteiger partial charge >= 0.3 is 11.9 Å². The minimum Gasteiger partial charge on any atom is -0.497 e. The predicted molar refractivity (Wildman–Crippen MR) is 124 cm³/mol. The SMILES string of the molecule is COC(=O)CCc1cc(OCc2cc(OC)ccc2CCC(=O)OC)c(OC)cc1CBr. The molecule has 0 saturated heterocycles. The van der Waals surface area contributed by atoms with Gasteiger partial charge in [0, 0.05) is 18.2 Å². The summed E-state index contributed by atoms with van der Waals surface area (Å²) in [7, 11) is 5.94. The molecule has 2 rings (SSSR count). The van der Waals surface area contributed by atoms with Gasteiger partial charge in [-0.05, 0) is 59.4 Å². The van der Waals surface area contributed by atoms with E-state index in [1.54, 1.807) is 14.2 Å². The van der Waals surface area contributed by atoms with Gasteiger partial charge in [-0.15, -0.1) is 0 Å². The predicted octanol–water partition coefficient (Wildman–Crippen LogP) is 4.39. The number of carbonyl (C=O) groups excluding carboxylic acids is 2. The van der Waals surface area contributed by atoms with Gasteiger partial charge in [0.05, 0.1) is 28.4 Å². The van der Waals surface area contributed by atoms with Crippen LogP contribution in [0.15, 0.2) is 30.3 Å².